The van der Waals surface area contributed by atoms with Crippen LogP contribution < -0.4 is 9.47 Å². The van der Waals surface area contributed by atoms with Crippen LogP contribution in [-0.4, -0.2) is 60.0 Å². The maximum Gasteiger partial charge on any atom is 0.341 e. The van der Waals surface area contributed by atoms with Crippen molar-refractivity contribution < 1.29 is 38.5 Å². The van der Waals surface area contributed by atoms with Crippen LogP contribution in [0.25, 0.3) is 6.08 Å². The molecule has 1 heterocycles. The number of thioether (sulfide) groups is 1. The molecule has 0 saturated carbocycles. The summed E-state index contributed by atoms with van der Waals surface area (Å²) >= 11 is 3.97. The number of methoxy groups -OCH3 is 1. The summed E-state index contributed by atoms with van der Waals surface area (Å²) in [5.41, 5.74) is 0.507. The van der Waals surface area contributed by atoms with E-state index in [-0.39, 0.29) is 23.0 Å². The van der Waals surface area contributed by atoms with E-state index >= 15 is 0 Å². The number of carboxylic acids is 1. The van der Waals surface area contributed by atoms with Gasteiger partial charge in [0.25, 0.3) is 11.1 Å². The van der Waals surface area contributed by atoms with Gasteiger partial charge < -0.3 is 19.3 Å². The Morgan fingerprint density at radius 3 is 2.64 bits per heavy atom. The van der Waals surface area contributed by atoms with Gasteiger partial charge in [-0.05, 0) is 58.4 Å². The average Bonchev–Trinajstić information content (AvgIpc) is 2.87. The van der Waals surface area contributed by atoms with Crippen molar-refractivity contribution in [1.29, 1.82) is 0 Å². The van der Waals surface area contributed by atoms with Crippen LogP contribution in [0, 0.1) is 0 Å². The topological polar surface area (TPSA) is 119 Å². The molecule has 0 aliphatic carbocycles. The lowest BCUT2D eigenvalue weighted by Gasteiger charge is -2.12. The molecule has 1 saturated heterocycles. The Bertz CT molecular complexity index is 854. The zero-order chi connectivity index (χ0) is 20.8. The van der Waals surface area contributed by atoms with Gasteiger partial charge in [0.2, 0.25) is 0 Å². The molecule has 28 heavy (non-hydrogen) atoms. The van der Waals surface area contributed by atoms with Gasteiger partial charge in [0, 0.05) is 0 Å². The Kier molecular flexibility index (Phi) is 7.46. The lowest BCUT2D eigenvalue weighted by atomic mass is 10.2. The van der Waals surface area contributed by atoms with Crippen molar-refractivity contribution in [3.05, 3.63) is 27.1 Å². The molecule has 1 N–H and O–H groups in total. The number of hydrogen-bond donors (Lipinski definition) is 1. The van der Waals surface area contributed by atoms with Crippen molar-refractivity contribution in [2.75, 3.05) is 26.9 Å². The van der Waals surface area contributed by atoms with Gasteiger partial charge in [-0.15, -0.1) is 0 Å². The fraction of sp³-hybridized carbons (Fsp3) is 0.294. The van der Waals surface area contributed by atoms with E-state index in [1.54, 1.807) is 13.0 Å². The van der Waals surface area contributed by atoms with E-state index < -0.39 is 36.2 Å². The Labute approximate surface area is 172 Å². The number of nitrogens with zero attached hydrogens (tertiary/aromatic N) is 1. The van der Waals surface area contributed by atoms with Gasteiger partial charge >= 0.3 is 11.9 Å². The first-order chi connectivity index (χ1) is 13.3. The second-order valence-corrected chi connectivity index (χ2v) is 7.14. The average molecular weight is 474 g/mol. The fourth-order valence-electron chi connectivity index (χ4n) is 2.22. The van der Waals surface area contributed by atoms with Crippen LogP contribution in [0.1, 0.15) is 12.5 Å². The van der Waals surface area contributed by atoms with Gasteiger partial charge in [0.1, 0.15) is 6.54 Å². The number of amides is 2. The smallest absolute Gasteiger partial charge is 0.341 e. The van der Waals surface area contributed by atoms with E-state index in [1.165, 1.54) is 19.3 Å². The summed E-state index contributed by atoms with van der Waals surface area (Å²) in [5.74, 6) is -1.99. The van der Waals surface area contributed by atoms with Gasteiger partial charge in [-0.25, -0.2) is 4.79 Å². The Hall–Kier alpha value is -2.53. The molecule has 0 atom stereocenters. The van der Waals surface area contributed by atoms with E-state index in [1.807, 2.05) is 0 Å². The van der Waals surface area contributed by atoms with Crippen LogP contribution in [0.5, 0.6) is 11.5 Å². The zero-order valence-electron chi connectivity index (χ0n) is 14.9. The van der Waals surface area contributed by atoms with Gasteiger partial charge in [-0.2, -0.15) is 0 Å². The van der Waals surface area contributed by atoms with Crippen LogP contribution >= 0.6 is 27.7 Å². The number of imide groups is 1. The summed E-state index contributed by atoms with van der Waals surface area (Å²) in [7, 11) is 1.38. The van der Waals surface area contributed by atoms with Crippen LogP contribution in [0.4, 0.5) is 4.79 Å². The highest BCUT2D eigenvalue weighted by Gasteiger charge is 2.36. The predicted molar refractivity (Wildman–Crippen MR) is 103 cm³/mol. The summed E-state index contributed by atoms with van der Waals surface area (Å²) in [6.07, 6.45) is 1.46. The van der Waals surface area contributed by atoms with Crippen molar-refractivity contribution in [3.63, 3.8) is 0 Å². The number of hydrogen-bond acceptors (Lipinski definition) is 8. The first-order valence-electron chi connectivity index (χ1n) is 7.90. The predicted octanol–water partition coefficient (Wildman–Crippen LogP) is 2.52. The summed E-state index contributed by atoms with van der Waals surface area (Å²) in [5, 5.41) is 8.18. The number of carbonyl (C=O) groups excluding carboxylic acids is 3. The molecule has 0 unspecified atom stereocenters. The van der Waals surface area contributed by atoms with Gasteiger partial charge in [0.05, 0.1) is 23.1 Å². The lowest BCUT2D eigenvalue weighted by Crippen LogP contribution is -2.34. The summed E-state index contributed by atoms with van der Waals surface area (Å²) < 4.78 is 15.6. The molecule has 0 radical (unpaired) electrons. The van der Waals surface area contributed by atoms with E-state index in [0.717, 1.165) is 4.90 Å². The molecule has 0 aromatic heterocycles. The third-order valence-electron chi connectivity index (χ3n) is 3.36. The number of carboxylic acid groups (broad SMARTS) is 1. The molecule has 9 nitrogen and oxygen atoms in total. The molecule has 1 aromatic carbocycles. The minimum absolute atomic E-state index is 0.127. The first kappa shape index (κ1) is 21.8. The third-order valence-corrected chi connectivity index (χ3v) is 4.85. The van der Waals surface area contributed by atoms with E-state index in [0.29, 0.717) is 21.8 Å². The number of aliphatic carboxylic acids is 1. The molecule has 11 heteroatoms. The molecular formula is C17H16BrNO8S. The van der Waals surface area contributed by atoms with Crippen LogP contribution in [0.3, 0.4) is 0 Å². The molecule has 1 aromatic rings. The molecular weight excluding hydrogens is 458 g/mol. The third kappa shape index (κ3) is 5.26. The summed E-state index contributed by atoms with van der Waals surface area (Å²) in [6, 6.07) is 3.11. The highest BCUT2D eigenvalue weighted by molar-refractivity contribution is 9.10. The number of ether oxygens (including phenoxy) is 3. The van der Waals surface area contributed by atoms with Crippen molar-refractivity contribution in [3.8, 4) is 11.5 Å². The summed E-state index contributed by atoms with van der Waals surface area (Å²) in [6.45, 7) is 0.765. The normalized spacial score (nSPS) is 15.1. The van der Waals surface area contributed by atoms with Gasteiger partial charge in [0.15, 0.2) is 18.1 Å². The quantitative estimate of drug-likeness (QED) is 0.448. The number of benzene rings is 1. The molecule has 1 fully saturated rings. The van der Waals surface area contributed by atoms with Gasteiger partial charge in [-0.1, -0.05) is 0 Å². The van der Waals surface area contributed by atoms with Crippen LogP contribution in [0.15, 0.2) is 21.5 Å². The van der Waals surface area contributed by atoms with E-state index in [4.69, 9.17) is 19.3 Å². The highest BCUT2D eigenvalue weighted by Crippen LogP contribution is 2.39. The van der Waals surface area contributed by atoms with E-state index in [2.05, 4.69) is 15.9 Å². The molecule has 2 rings (SSSR count). The van der Waals surface area contributed by atoms with Gasteiger partial charge in [-0.3, -0.25) is 19.3 Å². The standard InChI is InChI=1S/C17H16BrNO8S/c1-3-26-14(22)7-19-16(23)12(28-17(19)24)6-9-4-10(18)15(11(5-9)25-2)27-8-13(20)21/h4-6H,3,7-8H2,1-2H3,(H,20,21)/b12-6-. The number of esters is 1. The first-order valence-corrected chi connectivity index (χ1v) is 9.50. The number of rotatable bonds is 8. The highest BCUT2D eigenvalue weighted by atomic mass is 79.9. The lowest BCUT2D eigenvalue weighted by molar-refractivity contribution is -0.146. The SMILES string of the molecule is CCOC(=O)CN1C(=O)S/C(=C\c2cc(Br)c(OCC(=O)O)c(OC)c2)C1=O. The molecule has 1 aliphatic heterocycles. The van der Waals surface area contributed by atoms with Crippen molar-refractivity contribution in [1.82, 2.24) is 4.90 Å². The molecule has 1 aliphatic rings. The number of halogens is 1. The van der Waals surface area contributed by atoms with Crippen molar-refractivity contribution >= 4 is 56.9 Å². The van der Waals surface area contributed by atoms with E-state index in [9.17, 15) is 19.2 Å². The van der Waals surface area contributed by atoms with Crippen molar-refractivity contribution in [2.24, 2.45) is 0 Å². The van der Waals surface area contributed by atoms with Crippen molar-refractivity contribution in [2.45, 2.75) is 6.92 Å². The minimum Gasteiger partial charge on any atom is -0.493 e. The summed E-state index contributed by atoms with van der Waals surface area (Å²) in [4.78, 5) is 47.6. The minimum atomic E-state index is -1.15. The molecule has 0 bridgehead atoms. The van der Waals surface area contributed by atoms with Crippen LogP contribution in [0.2, 0.25) is 0 Å². The zero-order valence-corrected chi connectivity index (χ0v) is 17.3. The molecule has 150 valence electrons. The Morgan fingerprint density at radius 1 is 1.32 bits per heavy atom. The maximum absolute atomic E-state index is 12.4. The Morgan fingerprint density at radius 2 is 2.04 bits per heavy atom. The van der Waals surface area contributed by atoms with Crippen LogP contribution in [-0.2, 0) is 19.1 Å². The largest absolute Gasteiger partial charge is 0.493 e. The Balaban J connectivity index is 2.26. The number of carbonyl (C=O) groups is 4. The molecule has 0 spiro atoms. The fourth-order valence-corrected chi connectivity index (χ4v) is 3.63. The second kappa shape index (κ2) is 9.60. The maximum atomic E-state index is 12.4. The second-order valence-electron chi connectivity index (χ2n) is 5.29. The molecule has 2 amide bonds. The monoisotopic (exact) mass is 473 g/mol.